The molecule has 7 N–H and O–H groups in total. The monoisotopic (exact) mass is 1020 g/mol. The van der Waals surface area contributed by atoms with Gasteiger partial charge in [-0.15, -0.1) is 0 Å². The molecule has 0 saturated carbocycles. The van der Waals surface area contributed by atoms with Gasteiger partial charge in [0, 0.05) is 19.0 Å². The molecule has 69 heavy (non-hydrogen) atoms. The molecule has 1 fully saturated rings. The molecule has 2 heterocycles. The number of phosphoric ester groups is 2. The van der Waals surface area contributed by atoms with Gasteiger partial charge >= 0.3 is 33.3 Å². The molecule has 1 saturated heterocycles. The molecule has 19 nitrogen and oxygen atoms in total. The van der Waals surface area contributed by atoms with Crippen LogP contribution in [0, 0.1) is 0 Å². The molecule has 1 aromatic heterocycles. The van der Waals surface area contributed by atoms with Crippen LogP contribution in [0.4, 0.5) is 5.82 Å². The van der Waals surface area contributed by atoms with E-state index in [-0.39, 0.29) is 18.7 Å². The number of aliphatic hydroxyl groups is 3. The summed E-state index contributed by atoms with van der Waals surface area (Å²) in [6.07, 6.45) is 30.8. The normalized spacial score (nSPS) is 20.3. The lowest BCUT2D eigenvalue weighted by Gasteiger charge is -2.21. The zero-order chi connectivity index (χ0) is 50.8. The highest BCUT2D eigenvalue weighted by Crippen LogP contribution is 2.60. The molecule has 8 atom stereocenters. The first kappa shape index (κ1) is 61.5. The summed E-state index contributed by atoms with van der Waals surface area (Å²) in [7, 11) is -10.9. The van der Waals surface area contributed by atoms with Crippen LogP contribution in [0.3, 0.4) is 0 Å². The van der Waals surface area contributed by atoms with E-state index in [1.807, 2.05) is 61.6 Å². The summed E-state index contributed by atoms with van der Waals surface area (Å²) in [4.78, 5) is 61.8. The molecular formula is C48H79N3O16P2. The standard InChI is InChI=1S/C48H79N3O16P2/c1-3-5-7-8-9-10-11-12-16-19-22-25-28-32-43(53)62-36-40(65-44(54)33-29-26-23-20-17-14-13-15-18-21-24-27-31-39(52)30-6-4-2)37-63-68(58,59)67-69(60,61)64-38-41-45(55)46(56)47(66-41)51-35-34-42(49)50-48(51)57/h6,13-14,18,20-21,23-24,27,30,34-35,39-41,45-47,52,55-56H,3-5,7-12,15-17,19,22,25-26,28-29,31-33,36-38H2,1-2H3,(H,58,59)(H,60,61)(H2,49,50,57)/b14-13-,21-18-,23-20-,27-24+,30-6-/t39?,40-,41-,45-,46-,47-/m1/s1. The van der Waals surface area contributed by atoms with Gasteiger partial charge in [0.15, 0.2) is 12.3 Å². The van der Waals surface area contributed by atoms with Crippen molar-refractivity contribution in [2.24, 2.45) is 0 Å². The lowest BCUT2D eigenvalue weighted by Crippen LogP contribution is -2.36. The highest BCUT2D eigenvalue weighted by molar-refractivity contribution is 7.61. The number of nitrogen functional groups attached to an aromatic ring is 1. The number of nitrogens with zero attached hydrogens (tertiary/aromatic N) is 2. The minimum Gasteiger partial charge on any atom is -0.462 e. The predicted octanol–water partition coefficient (Wildman–Crippen LogP) is 8.52. The molecule has 2 rings (SSSR count). The van der Waals surface area contributed by atoms with E-state index in [1.54, 1.807) is 6.08 Å². The Labute approximate surface area is 407 Å². The average molecular weight is 1020 g/mol. The number of phosphoric acid groups is 2. The summed E-state index contributed by atoms with van der Waals surface area (Å²) in [6, 6.07) is 1.24. The summed E-state index contributed by atoms with van der Waals surface area (Å²) in [5.41, 5.74) is 4.57. The smallest absolute Gasteiger partial charge is 0.462 e. The predicted molar refractivity (Wildman–Crippen MR) is 262 cm³/mol. The van der Waals surface area contributed by atoms with E-state index in [0.717, 1.165) is 49.3 Å². The van der Waals surface area contributed by atoms with Crippen LogP contribution in [-0.2, 0) is 46.3 Å². The Morgan fingerprint density at radius 3 is 2.03 bits per heavy atom. The fourth-order valence-corrected chi connectivity index (χ4v) is 9.01. The van der Waals surface area contributed by atoms with Crippen molar-refractivity contribution in [2.75, 3.05) is 25.6 Å². The van der Waals surface area contributed by atoms with Gasteiger partial charge in [-0.2, -0.15) is 9.29 Å². The van der Waals surface area contributed by atoms with Crippen LogP contribution in [-0.4, -0.2) is 96.9 Å². The Morgan fingerprint density at radius 1 is 0.783 bits per heavy atom. The molecule has 0 radical (unpaired) electrons. The second-order valence-electron chi connectivity index (χ2n) is 16.8. The summed E-state index contributed by atoms with van der Waals surface area (Å²) in [5, 5.41) is 30.7. The number of allylic oxidation sites excluding steroid dienone is 8. The minimum absolute atomic E-state index is 0.0467. The molecule has 0 aromatic carbocycles. The fourth-order valence-electron chi connectivity index (χ4n) is 6.90. The number of esters is 2. The summed E-state index contributed by atoms with van der Waals surface area (Å²) in [5.74, 6) is -1.40. The first-order valence-electron chi connectivity index (χ1n) is 24.4. The Hall–Kier alpha value is -3.58. The summed E-state index contributed by atoms with van der Waals surface area (Å²) in [6.45, 7) is 1.85. The van der Waals surface area contributed by atoms with Gasteiger partial charge in [-0.25, -0.2) is 13.9 Å². The van der Waals surface area contributed by atoms with Crippen LogP contribution >= 0.6 is 15.6 Å². The number of hydrogen-bond acceptors (Lipinski definition) is 16. The second kappa shape index (κ2) is 36.4. The van der Waals surface area contributed by atoms with E-state index in [4.69, 9.17) is 29.0 Å². The van der Waals surface area contributed by atoms with Crippen molar-refractivity contribution in [3.8, 4) is 0 Å². The second-order valence-corrected chi connectivity index (χ2v) is 19.8. The molecule has 3 unspecified atom stereocenters. The fraction of sp³-hybridized carbons (Fsp3) is 0.667. The molecule has 1 aliphatic rings. The van der Waals surface area contributed by atoms with Crippen molar-refractivity contribution in [3.05, 3.63) is 83.5 Å². The third-order valence-corrected chi connectivity index (χ3v) is 13.3. The van der Waals surface area contributed by atoms with Crippen LogP contribution in [0.5, 0.6) is 0 Å². The first-order chi connectivity index (χ1) is 33.1. The van der Waals surface area contributed by atoms with Crippen molar-refractivity contribution >= 4 is 33.4 Å². The van der Waals surface area contributed by atoms with Crippen LogP contribution in [0.25, 0.3) is 0 Å². The Morgan fingerprint density at radius 2 is 1.38 bits per heavy atom. The van der Waals surface area contributed by atoms with Crippen LogP contribution in [0.15, 0.2) is 77.8 Å². The zero-order valence-electron chi connectivity index (χ0n) is 40.5. The third kappa shape index (κ3) is 29.4. The van der Waals surface area contributed by atoms with Crippen molar-refractivity contribution in [1.82, 2.24) is 9.55 Å². The van der Waals surface area contributed by atoms with E-state index in [9.17, 15) is 48.6 Å². The topological polar surface area (TPSA) is 286 Å². The van der Waals surface area contributed by atoms with Crippen LogP contribution < -0.4 is 11.4 Å². The maximum absolute atomic E-state index is 12.8. The number of nitrogens with two attached hydrogens (primary N) is 1. The van der Waals surface area contributed by atoms with Crippen LogP contribution in [0.2, 0.25) is 0 Å². The zero-order valence-corrected chi connectivity index (χ0v) is 42.2. The highest BCUT2D eigenvalue weighted by Gasteiger charge is 2.46. The van der Waals surface area contributed by atoms with E-state index in [0.29, 0.717) is 32.1 Å². The number of carbonyl (C=O) groups excluding carboxylic acids is 2. The van der Waals surface area contributed by atoms with E-state index >= 15 is 0 Å². The van der Waals surface area contributed by atoms with Gasteiger partial charge in [0.2, 0.25) is 0 Å². The minimum atomic E-state index is -5.44. The molecule has 0 amide bonds. The number of unbranched alkanes of at least 4 members (excludes halogenated alkanes) is 13. The van der Waals surface area contributed by atoms with Crippen molar-refractivity contribution in [2.45, 2.75) is 185 Å². The number of aliphatic hydroxyl groups excluding tert-OH is 3. The van der Waals surface area contributed by atoms with Crippen molar-refractivity contribution in [1.29, 1.82) is 0 Å². The maximum atomic E-state index is 12.8. The molecule has 0 spiro atoms. The van der Waals surface area contributed by atoms with E-state index in [1.165, 1.54) is 57.4 Å². The molecular weight excluding hydrogens is 936 g/mol. The van der Waals surface area contributed by atoms with Gasteiger partial charge in [-0.05, 0) is 51.0 Å². The van der Waals surface area contributed by atoms with E-state index < -0.39 is 89.8 Å². The van der Waals surface area contributed by atoms with E-state index in [2.05, 4.69) is 16.2 Å². The summed E-state index contributed by atoms with van der Waals surface area (Å²) < 4.78 is 56.6. The number of ether oxygens (including phenoxy) is 3. The van der Waals surface area contributed by atoms with Gasteiger partial charge in [-0.1, -0.05) is 152 Å². The van der Waals surface area contributed by atoms with Gasteiger partial charge in [0.1, 0.15) is 30.7 Å². The average Bonchev–Trinajstić information content (AvgIpc) is 3.58. The van der Waals surface area contributed by atoms with Gasteiger partial charge in [0.25, 0.3) is 0 Å². The number of hydrogen-bond donors (Lipinski definition) is 6. The lowest BCUT2D eigenvalue weighted by atomic mass is 10.0. The number of rotatable bonds is 39. The maximum Gasteiger partial charge on any atom is 0.481 e. The molecule has 1 aliphatic heterocycles. The number of anilines is 1. The molecule has 21 heteroatoms. The quantitative estimate of drug-likeness (QED) is 0.0118. The number of aromatic nitrogens is 2. The Bertz CT molecular complexity index is 1910. The summed E-state index contributed by atoms with van der Waals surface area (Å²) >= 11 is 0. The third-order valence-electron chi connectivity index (χ3n) is 10.7. The molecule has 392 valence electrons. The van der Waals surface area contributed by atoms with Gasteiger partial charge < -0.3 is 45.1 Å². The van der Waals surface area contributed by atoms with Gasteiger partial charge in [-0.3, -0.25) is 23.2 Å². The Balaban J connectivity index is 1.85. The van der Waals surface area contributed by atoms with Crippen molar-refractivity contribution in [3.63, 3.8) is 0 Å². The van der Waals surface area contributed by atoms with Crippen LogP contribution in [0.1, 0.15) is 155 Å². The number of carbonyl (C=O) groups is 2. The Kier molecular flexibility index (Phi) is 32.4. The van der Waals surface area contributed by atoms with Gasteiger partial charge in [0.05, 0.1) is 19.3 Å². The first-order valence-corrected chi connectivity index (χ1v) is 27.4. The lowest BCUT2D eigenvalue weighted by molar-refractivity contribution is -0.161. The molecule has 0 bridgehead atoms. The largest absolute Gasteiger partial charge is 0.481 e. The molecule has 1 aromatic rings. The molecule has 0 aliphatic carbocycles. The van der Waals surface area contributed by atoms with Crippen molar-refractivity contribution < 1.29 is 71.4 Å². The SMILES string of the molecule is CC/C=C\C(O)C/C=C/C=C\C/C=C\C/C=C\CCCC(=O)O[C@H](COC(=O)CCCCCCCCCCCCCCC)COP(=O)(O)OP(=O)(O)OC[C@H]1O[C@@H](n2ccc(N)nc2=O)[C@H](O)[C@@H]1O. The highest BCUT2D eigenvalue weighted by atomic mass is 31.3.